The number of nitro benzene ring substituents is 1. The van der Waals surface area contributed by atoms with E-state index < -0.39 is 14.9 Å². The van der Waals surface area contributed by atoms with Gasteiger partial charge in [-0.25, -0.2) is 8.42 Å². The fourth-order valence-corrected chi connectivity index (χ4v) is 3.43. The summed E-state index contributed by atoms with van der Waals surface area (Å²) < 4.78 is 25.7. The van der Waals surface area contributed by atoms with Crippen molar-refractivity contribution < 1.29 is 13.3 Å². The van der Waals surface area contributed by atoms with E-state index in [4.69, 9.17) is 5.73 Å². The summed E-state index contributed by atoms with van der Waals surface area (Å²) in [5.41, 5.74) is 5.43. The van der Waals surface area contributed by atoms with Crippen LogP contribution in [0, 0.1) is 10.1 Å². The van der Waals surface area contributed by atoms with Crippen molar-refractivity contribution in [2.24, 2.45) is 5.73 Å². The van der Waals surface area contributed by atoms with Crippen LogP contribution in [0.5, 0.6) is 0 Å². The highest BCUT2D eigenvalue weighted by molar-refractivity contribution is 7.89. The first-order chi connectivity index (χ1) is 8.41. The van der Waals surface area contributed by atoms with E-state index in [2.05, 4.69) is 0 Å². The predicted molar refractivity (Wildman–Crippen MR) is 64.4 cm³/mol. The van der Waals surface area contributed by atoms with E-state index in [0.717, 1.165) is 6.07 Å². The molecule has 0 aliphatic carbocycles. The quantitative estimate of drug-likeness (QED) is 0.629. The van der Waals surface area contributed by atoms with E-state index in [1.54, 1.807) is 0 Å². The summed E-state index contributed by atoms with van der Waals surface area (Å²) in [7, 11) is -3.68. The molecule has 98 valence electrons. The number of nitrogens with zero attached hydrogens (tertiary/aromatic N) is 2. The molecule has 8 heteroatoms. The van der Waals surface area contributed by atoms with Crippen LogP contribution in [0.1, 0.15) is 6.42 Å². The zero-order valence-electron chi connectivity index (χ0n) is 9.52. The zero-order chi connectivity index (χ0) is 13.3. The fraction of sp³-hybridized carbons (Fsp3) is 0.400. The van der Waals surface area contributed by atoms with Crippen molar-refractivity contribution in [3.05, 3.63) is 34.4 Å². The van der Waals surface area contributed by atoms with Gasteiger partial charge in [0.05, 0.1) is 9.82 Å². The molecule has 0 radical (unpaired) electrons. The first-order valence-corrected chi connectivity index (χ1v) is 6.85. The summed E-state index contributed by atoms with van der Waals surface area (Å²) in [6, 6.07) is 4.87. The van der Waals surface area contributed by atoms with Crippen LogP contribution in [0.3, 0.4) is 0 Å². The van der Waals surface area contributed by atoms with Gasteiger partial charge in [0.25, 0.3) is 5.69 Å². The van der Waals surface area contributed by atoms with E-state index in [9.17, 15) is 18.5 Å². The number of nitro groups is 1. The summed E-state index contributed by atoms with van der Waals surface area (Å²) in [5.74, 6) is 0. The highest BCUT2D eigenvalue weighted by Gasteiger charge is 2.31. The van der Waals surface area contributed by atoms with Gasteiger partial charge in [-0.15, -0.1) is 0 Å². The highest BCUT2D eigenvalue weighted by Crippen LogP contribution is 2.23. The zero-order valence-corrected chi connectivity index (χ0v) is 10.3. The fourth-order valence-electron chi connectivity index (χ4n) is 1.88. The maximum atomic E-state index is 12.2. The Bertz CT molecular complexity index is 572. The Hall–Kier alpha value is -1.51. The lowest BCUT2D eigenvalue weighted by molar-refractivity contribution is -0.385. The third-order valence-corrected chi connectivity index (χ3v) is 4.71. The molecule has 7 nitrogen and oxygen atoms in total. The van der Waals surface area contributed by atoms with Gasteiger partial charge in [0.15, 0.2) is 0 Å². The molecule has 1 saturated heterocycles. The van der Waals surface area contributed by atoms with Crippen LogP contribution < -0.4 is 5.73 Å². The molecule has 0 bridgehead atoms. The Morgan fingerprint density at radius 1 is 1.44 bits per heavy atom. The molecular formula is C10H13N3O4S. The molecule has 1 aliphatic heterocycles. The molecule has 0 unspecified atom stereocenters. The lowest BCUT2D eigenvalue weighted by Gasteiger charge is -2.15. The highest BCUT2D eigenvalue weighted by atomic mass is 32.2. The Morgan fingerprint density at radius 2 is 2.17 bits per heavy atom. The van der Waals surface area contributed by atoms with Crippen LogP contribution in [0.4, 0.5) is 5.69 Å². The van der Waals surface area contributed by atoms with Crippen LogP contribution in [0.2, 0.25) is 0 Å². The van der Waals surface area contributed by atoms with E-state index in [1.807, 2.05) is 0 Å². The maximum absolute atomic E-state index is 12.2. The van der Waals surface area contributed by atoms with Crippen molar-refractivity contribution in [1.29, 1.82) is 0 Å². The number of hydrogen-bond donors (Lipinski definition) is 1. The summed E-state index contributed by atoms with van der Waals surface area (Å²) in [5, 5.41) is 10.6. The minimum atomic E-state index is -3.68. The monoisotopic (exact) mass is 271 g/mol. The first kappa shape index (κ1) is 12.9. The number of hydrogen-bond acceptors (Lipinski definition) is 5. The van der Waals surface area contributed by atoms with Gasteiger partial charge in [-0.3, -0.25) is 10.1 Å². The molecule has 1 aromatic carbocycles. The van der Waals surface area contributed by atoms with Crippen LogP contribution in [-0.4, -0.2) is 36.8 Å². The molecule has 1 aromatic rings. The third kappa shape index (κ3) is 2.35. The van der Waals surface area contributed by atoms with E-state index in [-0.39, 0.29) is 23.2 Å². The number of benzene rings is 1. The van der Waals surface area contributed by atoms with Crippen LogP contribution >= 0.6 is 0 Å². The molecule has 18 heavy (non-hydrogen) atoms. The summed E-state index contributed by atoms with van der Waals surface area (Å²) >= 11 is 0. The summed E-state index contributed by atoms with van der Waals surface area (Å²) in [6.45, 7) is 0.608. The number of rotatable bonds is 3. The maximum Gasteiger partial charge on any atom is 0.270 e. The van der Waals surface area contributed by atoms with Gasteiger partial charge in [-0.2, -0.15) is 4.31 Å². The summed E-state index contributed by atoms with van der Waals surface area (Å²) in [4.78, 5) is 9.95. The van der Waals surface area contributed by atoms with Crippen LogP contribution in [0.25, 0.3) is 0 Å². The largest absolute Gasteiger partial charge is 0.326 e. The molecular weight excluding hydrogens is 258 g/mol. The molecule has 2 rings (SSSR count). The normalized spacial score (nSPS) is 21.1. The summed E-state index contributed by atoms with van der Waals surface area (Å²) in [6.07, 6.45) is 0.605. The topological polar surface area (TPSA) is 107 Å². The Kier molecular flexibility index (Phi) is 3.33. The van der Waals surface area contributed by atoms with Gasteiger partial charge >= 0.3 is 0 Å². The average molecular weight is 271 g/mol. The van der Waals surface area contributed by atoms with E-state index >= 15 is 0 Å². The third-order valence-electron chi connectivity index (χ3n) is 2.85. The Balaban J connectivity index is 2.35. The molecule has 1 aliphatic rings. The number of non-ortho nitro benzene ring substituents is 1. The van der Waals surface area contributed by atoms with Crippen molar-refractivity contribution in [2.45, 2.75) is 17.4 Å². The van der Waals surface area contributed by atoms with Crippen molar-refractivity contribution in [2.75, 3.05) is 13.1 Å². The predicted octanol–water partition coefficient (Wildman–Crippen LogP) is 0.316. The van der Waals surface area contributed by atoms with Crippen LogP contribution in [-0.2, 0) is 10.0 Å². The second-order valence-electron chi connectivity index (χ2n) is 4.17. The Morgan fingerprint density at radius 3 is 2.72 bits per heavy atom. The average Bonchev–Trinajstić information content (AvgIpc) is 2.77. The van der Waals surface area contributed by atoms with Gasteiger partial charge in [-0.1, -0.05) is 6.07 Å². The van der Waals surface area contributed by atoms with Gasteiger partial charge < -0.3 is 5.73 Å². The smallest absolute Gasteiger partial charge is 0.270 e. The molecule has 0 amide bonds. The second kappa shape index (κ2) is 4.63. The lowest BCUT2D eigenvalue weighted by atomic mass is 10.3. The first-order valence-electron chi connectivity index (χ1n) is 5.41. The van der Waals surface area contributed by atoms with E-state index in [1.165, 1.54) is 22.5 Å². The van der Waals surface area contributed by atoms with Gasteiger partial charge in [0.2, 0.25) is 10.0 Å². The van der Waals surface area contributed by atoms with Crippen molar-refractivity contribution in [3.63, 3.8) is 0 Å². The van der Waals surface area contributed by atoms with Crippen LogP contribution in [0.15, 0.2) is 29.2 Å². The minimum Gasteiger partial charge on any atom is -0.326 e. The molecule has 1 atom stereocenters. The molecule has 0 saturated carbocycles. The second-order valence-corrected chi connectivity index (χ2v) is 6.10. The van der Waals surface area contributed by atoms with E-state index in [0.29, 0.717) is 13.0 Å². The Labute approximate surface area is 104 Å². The molecule has 2 N–H and O–H groups in total. The number of sulfonamides is 1. The van der Waals surface area contributed by atoms with Crippen molar-refractivity contribution in [3.8, 4) is 0 Å². The molecule has 0 spiro atoms. The SMILES string of the molecule is N[C@H]1CCN(S(=O)(=O)c2cccc([N+](=O)[O-])c2)C1. The molecule has 1 fully saturated rings. The van der Waals surface area contributed by atoms with Gasteiger partial charge in [0.1, 0.15) is 0 Å². The molecule has 1 heterocycles. The van der Waals surface area contributed by atoms with Gasteiger partial charge in [0, 0.05) is 31.3 Å². The standard InChI is InChI=1S/C10H13N3O4S/c11-8-4-5-12(7-8)18(16,17)10-3-1-2-9(6-10)13(14)15/h1-3,6,8H,4-5,7,11H2/t8-/m0/s1. The van der Waals surface area contributed by atoms with Crippen molar-refractivity contribution >= 4 is 15.7 Å². The number of nitrogens with two attached hydrogens (primary N) is 1. The minimum absolute atomic E-state index is 0.0641. The lowest BCUT2D eigenvalue weighted by Crippen LogP contribution is -2.31. The van der Waals surface area contributed by atoms with Crippen molar-refractivity contribution in [1.82, 2.24) is 4.31 Å². The van der Waals surface area contributed by atoms with Gasteiger partial charge in [-0.05, 0) is 12.5 Å². The molecule has 0 aromatic heterocycles.